The number of nitrogens with two attached hydrogens (primary N) is 1. The van der Waals surface area contributed by atoms with Gasteiger partial charge in [0, 0.05) is 35.5 Å². The summed E-state index contributed by atoms with van der Waals surface area (Å²) >= 11 is 6.39. The highest BCUT2D eigenvalue weighted by atomic mass is 35.5. The molecule has 0 radical (unpaired) electrons. The zero-order valence-electron chi connectivity index (χ0n) is 22.5. The number of rotatable bonds is 7. The van der Waals surface area contributed by atoms with Gasteiger partial charge in [-0.15, -0.1) is 0 Å². The molecular formula is C28H37ClN7OP. The van der Waals surface area contributed by atoms with Gasteiger partial charge in [-0.25, -0.2) is 4.98 Å². The van der Waals surface area contributed by atoms with Crippen LogP contribution in [0, 0.1) is 5.41 Å². The summed E-state index contributed by atoms with van der Waals surface area (Å²) in [6.45, 7) is 5.63. The average Bonchev–Trinajstić information content (AvgIpc) is 2.85. The number of benzene rings is 2. The minimum atomic E-state index is -2.49. The molecule has 0 atom stereocenters. The summed E-state index contributed by atoms with van der Waals surface area (Å²) in [4.78, 5) is 13.7. The number of hydrogen-bond acceptors (Lipinski definition) is 8. The number of nitrogens with zero attached hydrogens (tertiary/aromatic N) is 4. The van der Waals surface area contributed by atoms with E-state index < -0.39 is 7.14 Å². The molecule has 38 heavy (non-hydrogen) atoms. The van der Waals surface area contributed by atoms with Crippen LogP contribution in [0.15, 0.2) is 48.7 Å². The van der Waals surface area contributed by atoms with E-state index in [1.54, 1.807) is 19.5 Å². The summed E-state index contributed by atoms with van der Waals surface area (Å²) in [6.07, 6.45) is 6.67. The largest absolute Gasteiger partial charge is 0.397 e. The first-order valence-corrected chi connectivity index (χ1v) is 16.0. The maximum Gasteiger partial charge on any atom is 0.229 e. The zero-order valence-corrected chi connectivity index (χ0v) is 24.2. The summed E-state index contributed by atoms with van der Waals surface area (Å²) < 4.78 is 12.7. The van der Waals surface area contributed by atoms with Crippen molar-refractivity contribution in [2.24, 2.45) is 5.41 Å². The molecule has 10 heteroatoms. The molecule has 1 aliphatic heterocycles. The Balaban J connectivity index is 1.26. The van der Waals surface area contributed by atoms with E-state index in [2.05, 4.69) is 50.6 Å². The van der Waals surface area contributed by atoms with Gasteiger partial charge in [-0.1, -0.05) is 23.7 Å². The molecule has 1 saturated heterocycles. The van der Waals surface area contributed by atoms with Crippen LogP contribution in [0.25, 0.3) is 0 Å². The molecule has 2 heterocycles. The fourth-order valence-corrected chi connectivity index (χ4v) is 7.02. The highest BCUT2D eigenvalue weighted by Gasteiger charge is 2.45. The van der Waals surface area contributed by atoms with Crippen LogP contribution in [0.1, 0.15) is 25.7 Å². The van der Waals surface area contributed by atoms with Crippen molar-refractivity contribution in [3.05, 3.63) is 53.7 Å². The fraction of sp³-hybridized carbons (Fsp3) is 0.429. The molecule has 0 bridgehead atoms. The summed E-state index contributed by atoms with van der Waals surface area (Å²) in [5.41, 5.74) is 10.3. The molecule has 1 aliphatic carbocycles. The van der Waals surface area contributed by atoms with Crippen molar-refractivity contribution in [2.75, 3.05) is 61.8 Å². The number of hydrogen-bond donors (Lipinski definition) is 3. The average molecular weight is 554 g/mol. The van der Waals surface area contributed by atoms with Gasteiger partial charge in [-0.3, -0.25) is 0 Å². The number of aromatic nitrogens is 2. The number of nitrogens with one attached hydrogen (secondary N) is 2. The minimum absolute atomic E-state index is 0.369. The molecule has 2 fully saturated rings. The molecule has 0 unspecified atom stereocenters. The lowest BCUT2D eigenvalue weighted by Crippen LogP contribution is -2.59. The van der Waals surface area contributed by atoms with E-state index in [9.17, 15) is 4.57 Å². The van der Waals surface area contributed by atoms with E-state index in [-0.39, 0.29) is 0 Å². The van der Waals surface area contributed by atoms with Crippen molar-refractivity contribution in [3.63, 3.8) is 0 Å². The van der Waals surface area contributed by atoms with Gasteiger partial charge in [0.25, 0.3) is 0 Å². The predicted octanol–water partition coefficient (Wildman–Crippen LogP) is 5.76. The molecule has 1 saturated carbocycles. The van der Waals surface area contributed by atoms with Crippen LogP contribution < -0.4 is 26.6 Å². The van der Waals surface area contributed by atoms with Crippen molar-refractivity contribution in [1.29, 1.82) is 0 Å². The monoisotopic (exact) mass is 553 g/mol. The SMILES string of the molecule is CN(C)C1CCC2(CC1)CN(c1ccc(Nc3ncc(Cl)c(Nc4ccccc4P(C)(C)=O)n3)cc1N)C2. The predicted molar refractivity (Wildman–Crippen MR) is 161 cm³/mol. The van der Waals surface area contributed by atoms with Gasteiger partial charge >= 0.3 is 0 Å². The lowest BCUT2D eigenvalue weighted by molar-refractivity contribution is 0.0889. The third-order valence-corrected chi connectivity index (χ3v) is 9.73. The molecule has 0 amide bonds. The molecule has 8 nitrogen and oxygen atoms in total. The molecule has 5 rings (SSSR count). The first-order valence-electron chi connectivity index (χ1n) is 13.1. The zero-order chi connectivity index (χ0) is 27.1. The maximum absolute atomic E-state index is 12.7. The van der Waals surface area contributed by atoms with E-state index >= 15 is 0 Å². The third-order valence-electron chi connectivity index (χ3n) is 7.90. The maximum atomic E-state index is 12.7. The number of anilines is 6. The lowest BCUT2D eigenvalue weighted by atomic mass is 9.67. The van der Waals surface area contributed by atoms with Crippen molar-refractivity contribution in [2.45, 2.75) is 31.7 Å². The Morgan fingerprint density at radius 2 is 1.82 bits per heavy atom. The molecular weight excluding hydrogens is 517 g/mol. The second-order valence-corrected chi connectivity index (χ2v) is 14.9. The highest BCUT2D eigenvalue weighted by Crippen LogP contribution is 2.47. The van der Waals surface area contributed by atoms with Crippen LogP contribution in [0.2, 0.25) is 5.02 Å². The van der Waals surface area contributed by atoms with Crippen molar-refractivity contribution >= 4 is 58.6 Å². The van der Waals surface area contributed by atoms with Gasteiger partial charge < -0.3 is 30.7 Å². The Kier molecular flexibility index (Phi) is 7.33. The Morgan fingerprint density at radius 3 is 2.47 bits per heavy atom. The summed E-state index contributed by atoms with van der Waals surface area (Å²) in [6, 6.07) is 14.2. The number of halogens is 1. The van der Waals surface area contributed by atoms with Gasteiger partial charge in [-0.05, 0) is 83.4 Å². The second kappa shape index (κ2) is 10.4. The molecule has 4 N–H and O–H groups in total. The minimum Gasteiger partial charge on any atom is -0.397 e. The molecule has 1 spiro atoms. The topological polar surface area (TPSA) is 99.4 Å². The van der Waals surface area contributed by atoms with E-state index in [1.165, 1.54) is 25.7 Å². The van der Waals surface area contributed by atoms with E-state index in [4.69, 9.17) is 17.3 Å². The Morgan fingerprint density at radius 1 is 1.11 bits per heavy atom. The van der Waals surface area contributed by atoms with Gasteiger partial charge in [0.1, 0.15) is 12.2 Å². The molecule has 3 aromatic rings. The van der Waals surface area contributed by atoms with E-state index in [0.29, 0.717) is 33.9 Å². The second-order valence-electron chi connectivity index (χ2n) is 11.3. The normalized spacial score (nSPS) is 17.5. The molecule has 2 aromatic carbocycles. The number of para-hydroxylation sites is 1. The van der Waals surface area contributed by atoms with Gasteiger partial charge in [0.05, 0.1) is 23.3 Å². The van der Waals surface area contributed by atoms with Crippen LogP contribution in [-0.4, -0.2) is 61.4 Å². The Bertz CT molecular complexity index is 1360. The smallest absolute Gasteiger partial charge is 0.229 e. The summed E-state index contributed by atoms with van der Waals surface area (Å²) in [7, 11) is 1.88. The van der Waals surface area contributed by atoms with Crippen molar-refractivity contribution in [1.82, 2.24) is 14.9 Å². The quantitative estimate of drug-likeness (QED) is 0.251. The van der Waals surface area contributed by atoms with E-state index in [0.717, 1.165) is 35.5 Å². The highest BCUT2D eigenvalue weighted by molar-refractivity contribution is 7.70. The van der Waals surface area contributed by atoms with Crippen LogP contribution in [0.5, 0.6) is 0 Å². The van der Waals surface area contributed by atoms with E-state index in [1.807, 2.05) is 36.4 Å². The van der Waals surface area contributed by atoms with Crippen LogP contribution in [0.4, 0.5) is 34.5 Å². The first kappa shape index (κ1) is 26.8. The summed E-state index contributed by atoms with van der Waals surface area (Å²) in [5.74, 6) is 0.822. The fourth-order valence-electron chi connectivity index (χ4n) is 5.72. The standard InChI is InChI=1S/C28H37ClN7OP/c1-35(2)20-11-13-28(14-12-20)17-36(18-28)24-10-9-19(15-22(24)30)32-27-31-16-21(29)26(34-27)33-23-7-5-6-8-25(23)38(3,4)37/h5-10,15-16,20H,11-14,17-18,30H2,1-4H3,(H2,31,32,33,34). The van der Waals surface area contributed by atoms with Crippen LogP contribution >= 0.6 is 18.7 Å². The van der Waals surface area contributed by atoms with Gasteiger partial charge in [0.2, 0.25) is 5.95 Å². The first-order chi connectivity index (χ1) is 18.0. The Hall–Kier alpha value is -2.80. The molecule has 202 valence electrons. The molecule has 2 aliphatic rings. The molecule has 1 aromatic heterocycles. The lowest BCUT2D eigenvalue weighted by Gasteiger charge is -2.55. The van der Waals surface area contributed by atoms with Gasteiger partial charge in [0.15, 0.2) is 5.82 Å². The van der Waals surface area contributed by atoms with Crippen LogP contribution in [-0.2, 0) is 4.57 Å². The number of nitrogen functional groups attached to an aromatic ring is 1. The van der Waals surface area contributed by atoms with Crippen molar-refractivity contribution in [3.8, 4) is 0 Å². The van der Waals surface area contributed by atoms with Crippen molar-refractivity contribution < 1.29 is 4.57 Å². The Labute approximate surface area is 230 Å². The van der Waals surface area contributed by atoms with Crippen LogP contribution in [0.3, 0.4) is 0 Å². The third kappa shape index (κ3) is 5.63. The van der Waals surface area contributed by atoms with Gasteiger partial charge in [-0.2, -0.15) is 4.98 Å². The summed E-state index contributed by atoms with van der Waals surface area (Å²) in [5, 5.41) is 7.58.